The van der Waals surface area contributed by atoms with Crippen LogP contribution in [0, 0.1) is 0 Å². The number of benzene rings is 1. The SMILES string of the molecule is CC(C)(c1cccc(O)c1)c1nnc(N)o1. The molecule has 0 spiro atoms. The summed E-state index contributed by atoms with van der Waals surface area (Å²) >= 11 is 0. The monoisotopic (exact) mass is 219 g/mol. The van der Waals surface area contributed by atoms with Gasteiger partial charge in [0.15, 0.2) is 0 Å². The first kappa shape index (κ1) is 10.5. The molecule has 0 bridgehead atoms. The minimum atomic E-state index is -0.483. The molecule has 0 aliphatic heterocycles. The van der Waals surface area contributed by atoms with Gasteiger partial charge in [-0.25, -0.2) is 0 Å². The van der Waals surface area contributed by atoms with Crippen LogP contribution >= 0.6 is 0 Å². The lowest BCUT2D eigenvalue weighted by Gasteiger charge is -2.20. The van der Waals surface area contributed by atoms with Gasteiger partial charge in [0.05, 0.1) is 5.41 Å². The molecule has 0 fully saturated rings. The van der Waals surface area contributed by atoms with E-state index in [4.69, 9.17) is 10.2 Å². The third-order valence-electron chi connectivity index (χ3n) is 2.54. The third-order valence-corrected chi connectivity index (χ3v) is 2.54. The van der Waals surface area contributed by atoms with Crippen LogP contribution in [0.15, 0.2) is 28.7 Å². The maximum atomic E-state index is 9.44. The summed E-state index contributed by atoms with van der Waals surface area (Å²) in [6.45, 7) is 3.85. The number of nitrogen functional groups attached to an aromatic ring is 1. The number of hydrogen-bond acceptors (Lipinski definition) is 5. The number of aromatic nitrogens is 2. The molecule has 0 aliphatic carbocycles. The largest absolute Gasteiger partial charge is 0.508 e. The Hall–Kier alpha value is -2.04. The first-order valence-electron chi connectivity index (χ1n) is 4.89. The van der Waals surface area contributed by atoms with E-state index in [-0.39, 0.29) is 11.8 Å². The topological polar surface area (TPSA) is 85.2 Å². The molecule has 1 aromatic carbocycles. The smallest absolute Gasteiger partial charge is 0.312 e. The van der Waals surface area contributed by atoms with Crippen LogP contribution in [0.3, 0.4) is 0 Å². The Morgan fingerprint density at radius 3 is 2.62 bits per heavy atom. The maximum Gasteiger partial charge on any atom is 0.312 e. The van der Waals surface area contributed by atoms with Crippen LogP contribution < -0.4 is 5.73 Å². The molecule has 0 aliphatic rings. The van der Waals surface area contributed by atoms with Gasteiger partial charge in [0.25, 0.3) is 0 Å². The second-order valence-corrected chi connectivity index (χ2v) is 4.12. The van der Waals surface area contributed by atoms with Crippen LogP contribution in [0.1, 0.15) is 25.3 Å². The average molecular weight is 219 g/mol. The molecule has 0 atom stereocenters. The zero-order valence-electron chi connectivity index (χ0n) is 9.14. The average Bonchev–Trinajstić information content (AvgIpc) is 2.65. The van der Waals surface area contributed by atoms with Gasteiger partial charge in [-0.15, -0.1) is 5.10 Å². The molecular formula is C11H13N3O2. The molecule has 0 saturated carbocycles. The molecule has 84 valence electrons. The van der Waals surface area contributed by atoms with Crippen LogP contribution in [-0.2, 0) is 5.41 Å². The van der Waals surface area contributed by atoms with E-state index in [1.54, 1.807) is 18.2 Å². The molecule has 3 N–H and O–H groups in total. The molecule has 0 unspecified atom stereocenters. The summed E-state index contributed by atoms with van der Waals surface area (Å²) in [4.78, 5) is 0. The van der Waals surface area contributed by atoms with Crippen molar-refractivity contribution in [3.05, 3.63) is 35.7 Å². The summed E-state index contributed by atoms with van der Waals surface area (Å²) in [5, 5.41) is 16.9. The second-order valence-electron chi connectivity index (χ2n) is 4.12. The lowest BCUT2D eigenvalue weighted by atomic mass is 9.84. The normalized spacial score (nSPS) is 11.6. The van der Waals surface area contributed by atoms with Gasteiger partial charge in [0.2, 0.25) is 5.89 Å². The van der Waals surface area contributed by atoms with Gasteiger partial charge < -0.3 is 15.3 Å². The highest BCUT2D eigenvalue weighted by molar-refractivity contribution is 5.35. The van der Waals surface area contributed by atoms with E-state index in [9.17, 15) is 5.11 Å². The molecule has 2 aromatic rings. The van der Waals surface area contributed by atoms with Crippen LogP contribution in [0.4, 0.5) is 6.01 Å². The molecule has 1 aromatic heterocycles. The van der Waals surface area contributed by atoms with Gasteiger partial charge in [-0.05, 0) is 31.5 Å². The van der Waals surface area contributed by atoms with E-state index in [1.807, 2.05) is 19.9 Å². The van der Waals surface area contributed by atoms with Crippen molar-refractivity contribution < 1.29 is 9.52 Å². The summed E-state index contributed by atoms with van der Waals surface area (Å²) in [5.74, 6) is 0.633. The van der Waals surface area contributed by atoms with E-state index >= 15 is 0 Å². The number of phenols is 1. The highest BCUT2D eigenvalue weighted by Gasteiger charge is 2.29. The van der Waals surface area contributed by atoms with Crippen molar-refractivity contribution in [2.24, 2.45) is 0 Å². The molecule has 2 rings (SSSR count). The molecule has 0 saturated heterocycles. The number of rotatable bonds is 2. The fourth-order valence-electron chi connectivity index (χ4n) is 1.51. The number of hydrogen-bond donors (Lipinski definition) is 2. The predicted octanol–water partition coefficient (Wildman–Crippen LogP) is 1.68. The van der Waals surface area contributed by atoms with E-state index in [0.29, 0.717) is 5.89 Å². The van der Waals surface area contributed by atoms with Crippen LogP contribution in [0.5, 0.6) is 5.75 Å². The van der Waals surface area contributed by atoms with E-state index in [1.165, 1.54) is 0 Å². The summed E-state index contributed by atoms with van der Waals surface area (Å²) < 4.78 is 5.22. The summed E-state index contributed by atoms with van der Waals surface area (Å²) in [5.41, 5.74) is 5.80. The predicted molar refractivity (Wildman–Crippen MR) is 58.9 cm³/mol. The Morgan fingerprint density at radius 1 is 1.31 bits per heavy atom. The van der Waals surface area contributed by atoms with E-state index in [2.05, 4.69) is 10.2 Å². The van der Waals surface area contributed by atoms with E-state index in [0.717, 1.165) is 5.56 Å². The molecule has 0 amide bonds. The highest BCUT2D eigenvalue weighted by atomic mass is 16.4. The first-order chi connectivity index (χ1) is 7.50. The molecule has 5 nitrogen and oxygen atoms in total. The standard InChI is InChI=1S/C11H13N3O2/c1-11(2,9-13-14-10(12)16-9)7-4-3-5-8(15)6-7/h3-6,15H,1-2H3,(H2,12,14). The van der Waals surface area contributed by atoms with Gasteiger partial charge in [-0.3, -0.25) is 0 Å². The van der Waals surface area contributed by atoms with Crippen LogP contribution in [0.25, 0.3) is 0 Å². The fraction of sp³-hybridized carbons (Fsp3) is 0.273. The van der Waals surface area contributed by atoms with Crippen molar-refractivity contribution in [1.82, 2.24) is 10.2 Å². The number of phenolic OH excluding ortho intramolecular Hbond substituents is 1. The number of aromatic hydroxyl groups is 1. The summed E-state index contributed by atoms with van der Waals surface area (Å²) in [6, 6.07) is 6.98. The van der Waals surface area contributed by atoms with Crippen LogP contribution in [-0.4, -0.2) is 15.3 Å². The lowest BCUT2D eigenvalue weighted by Crippen LogP contribution is -2.19. The Morgan fingerprint density at radius 2 is 2.06 bits per heavy atom. The Balaban J connectivity index is 2.46. The zero-order valence-corrected chi connectivity index (χ0v) is 9.14. The van der Waals surface area contributed by atoms with Crippen molar-refractivity contribution in [2.75, 3.05) is 5.73 Å². The van der Waals surface area contributed by atoms with Crippen molar-refractivity contribution in [1.29, 1.82) is 0 Å². The van der Waals surface area contributed by atoms with Crippen molar-refractivity contribution in [3.8, 4) is 5.75 Å². The van der Waals surface area contributed by atoms with Gasteiger partial charge in [0, 0.05) is 0 Å². The number of nitrogens with zero attached hydrogens (tertiary/aromatic N) is 2. The number of anilines is 1. The molecule has 16 heavy (non-hydrogen) atoms. The molecule has 0 radical (unpaired) electrons. The Bertz CT molecular complexity index is 505. The van der Waals surface area contributed by atoms with Gasteiger partial charge in [-0.1, -0.05) is 17.2 Å². The van der Waals surface area contributed by atoms with E-state index < -0.39 is 5.41 Å². The van der Waals surface area contributed by atoms with Crippen LogP contribution in [0.2, 0.25) is 0 Å². The van der Waals surface area contributed by atoms with Crippen molar-refractivity contribution in [3.63, 3.8) is 0 Å². The quantitative estimate of drug-likeness (QED) is 0.802. The van der Waals surface area contributed by atoms with Crippen molar-refractivity contribution >= 4 is 6.01 Å². The number of nitrogens with two attached hydrogens (primary N) is 1. The minimum absolute atomic E-state index is 0.0447. The lowest BCUT2D eigenvalue weighted by molar-refractivity contribution is 0.419. The maximum absolute atomic E-state index is 9.44. The minimum Gasteiger partial charge on any atom is -0.508 e. The van der Waals surface area contributed by atoms with Crippen molar-refractivity contribution in [2.45, 2.75) is 19.3 Å². The second kappa shape index (κ2) is 3.52. The van der Waals surface area contributed by atoms with Gasteiger partial charge in [-0.2, -0.15) is 0 Å². The zero-order chi connectivity index (χ0) is 11.8. The summed E-state index contributed by atoms with van der Waals surface area (Å²) in [7, 11) is 0. The first-order valence-corrected chi connectivity index (χ1v) is 4.89. The fourth-order valence-corrected chi connectivity index (χ4v) is 1.51. The highest BCUT2D eigenvalue weighted by Crippen LogP contribution is 2.32. The summed E-state index contributed by atoms with van der Waals surface area (Å²) in [6.07, 6.45) is 0. The van der Waals surface area contributed by atoms with Gasteiger partial charge >= 0.3 is 6.01 Å². The molecule has 5 heteroatoms. The molecular weight excluding hydrogens is 206 g/mol. The third kappa shape index (κ3) is 1.71. The Labute approximate surface area is 92.9 Å². The Kier molecular flexibility index (Phi) is 2.30. The molecule has 1 heterocycles. The van der Waals surface area contributed by atoms with Gasteiger partial charge in [0.1, 0.15) is 5.75 Å².